The Morgan fingerprint density at radius 1 is 1.73 bits per heavy atom. The number of Topliss-reactive ketones (excluding diaryl/α,β-unsaturated/α-hetero) is 1. The number of ketones is 1. The van der Waals surface area contributed by atoms with Crippen LogP contribution in [0.4, 0.5) is 0 Å². The number of halogens is 2. The lowest BCUT2D eigenvalue weighted by atomic mass is 10.3. The zero-order valence-electron chi connectivity index (χ0n) is 5.64. The fourth-order valence-electron chi connectivity index (χ4n) is 0.668. The first-order valence-corrected chi connectivity index (χ1v) is 5.28. The number of alkyl halides is 1. The second-order valence-electron chi connectivity index (χ2n) is 1.99. The molecule has 1 nitrogen and oxygen atoms in total. The van der Waals surface area contributed by atoms with Crippen LogP contribution in [0.1, 0.15) is 16.1 Å². The standard InChI is InChI=1S/C7H6BrClOS/c8-5-3-7(11-4-5)6(10)1-2-9/h3-4H,1-2H2. The van der Waals surface area contributed by atoms with E-state index in [4.69, 9.17) is 11.6 Å². The summed E-state index contributed by atoms with van der Waals surface area (Å²) in [5.41, 5.74) is 0. The molecule has 0 saturated heterocycles. The molecule has 0 atom stereocenters. The fourth-order valence-corrected chi connectivity index (χ4v) is 2.24. The summed E-state index contributed by atoms with van der Waals surface area (Å²) in [7, 11) is 0. The van der Waals surface area contributed by atoms with Crippen LogP contribution in [0, 0.1) is 0 Å². The van der Waals surface area contributed by atoms with Crippen LogP contribution in [0.3, 0.4) is 0 Å². The van der Waals surface area contributed by atoms with E-state index in [2.05, 4.69) is 15.9 Å². The van der Waals surface area contributed by atoms with E-state index >= 15 is 0 Å². The Kier molecular flexibility index (Phi) is 3.55. The van der Waals surface area contributed by atoms with Crippen molar-refractivity contribution in [2.24, 2.45) is 0 Å². The summed E-state index contributed by atoms with van der Waals surface area (Å²) < 4.78 is 0.959. The van der Waals surface area contributed by atoms with E-state index in [0.717, 1.165) is 9.35 Å². The van der Waals surface area contributed by atoms with Crippen molar-refractivity contribution in [3.8, 4) is 0 Å². The Bertz CT molecular complexity index is 259. The smallest absolute Gasteiger partial charge is 0.174 e. The largest absolute Gasteiger partial charge is 0.293 e. The lowest BCUT2D eigenvalue weighted by molar-refractivity contribution is 0.0993. The van der Waals surface area contributed by atoms with Gasteiger partial charge in [0.1, 0.15) is 0 Å². The second-order valence-corrected chi connectivity index (χ2v) is 4.20. The molecule has 0 N–H and O–H groups in total. The van der Waals surface area contributed by atoms with Gasteiger partial charge in [0, 0.05) is 22.2 Å². The van der Waals surface area contributed by atoms with Crippen molar-refractivity contribution in [2.45, 2.75) is 6.42 Å². The highest BCUT2D eigenvalue weighted by atomic mass is 79.9. The molecule has 0 unspecified atom stereocenters. The van der Waals surface area contributed by atoms with Crippen LogP contribution in [-0.2, 0) is 0 Å². The summed E-state index contributed by atoms with van der Waals surface area (Å²) in [5.74, 6) is 0.518. The highest BCUT2D eigenvalue weighted by Gasteiger charge is 2.06. The van der Waals surface area contributed by atoms with Crippen LogP contribution in [0.5, 0.6) is 0 Å². The fraction of sp³-hybridized carbons (Fsp3) is 0.286. The molecule has 1 aromatic rings. The average molecular weight is 254 g/mol. The third-order valence-electron chi connectivity index (χ3n) is 1.16. The van der Waals surface area contributed by atoms with Gasteiger partial charge in [-0.05, 0) is 22.0 Å². The van der Waals surface area contributed by atoms with E-state index in [1.165, 1.54) is 11.3 Å². The van der Waals surface area contributed by atoms with Crippen molar-refractivity contribution in [3.05, 3.63) is 20.8 Å². The molecule has 0 spiro atoms. The Hall–Kier alpha value is 0.140. The van der Waals surface area contributed by atoms with Crippen LogP contribution in [0.15, 0.2) is 15.9 Å². The molecule has 0 aromatic carbocycles. The van der Waals surface area contributed by atoms with Crippen LogP contribution in [0.2, 0.25) is 0 Å². The van der Waals surface area contributed by atoms with Crippen LogP contribution in [0.25, 0.3) is 0 Å². The highest BCUT2D eigenvalue weighted by Crippen LogP contribution is 2.20. The Morgan fingerprint density at radius 3 is 2.91 bits per heavy atom. The third-order valence-corrected chi connectivity index (χ3v) is 3.08. The molecular formula is C7H6BrClOS. The van der Waals surface area contributed by atoms with Gasteiger partial charge in [0.2, 0.25) is 0 Å². The van der Waals surface area contributed by atoms with Gasteiger partial charge in [0.15, 0.2) is 5.78 Å². The number of hydrogen-bond acceptors (Lipinski definition) is 2. The molecule has 0 radical (unpaired) electrons. The first-order chi connectivity index (χ1) is 5.24. The monoisotopic (exact) mass is 252 g/mol. The van der Waals surface area contributed by atoms with E-state index in [0.29, 0.717) is 12.3 Å². The molecule has 0 aliphatic heterocycles. The Labute approximate surface area is 82.5 Å². The van der Waals surface area contributed by atoms with Gasteiger partial charge in [-0.1, -0.05) is 0 Å². The minimum atomic E-state index is 0.121. The molecule has 0 aliphatic carbocycles. The zero-order chi connectivity index (χ0) is 8.27. The SMILES string of the molecule is O=C(CCCl)c1cc(Br)cs1. The average Bonchev–Trinajstić information content (AvgIpc) is 2.36. The van der Waals surface area contributed by atoms with Crippen LogP contribution < -0.4 is 0 Å². The highest BCUT2D eigenvalue weighted by molar-refractivity contribution is 9.10. The second kappa shape index (κ2) is 4.24. The van der Waals surface area contributed by atoms with Crippen molar-refractivity contribution in [1.82, 2.24) is 0 Å². The predicted octanol–water partition coefficient (Wildman–Crippen LogP) is 3.32. The minimum absolute atomic E-state index is 0.121. The number of carbonyl (C=O) groups excluding carboxylic acids is 1. The lowest BCUT2D eigenvalue weighted by Crippen LogP contribution is -1.95. The molecular weight excluding hydrogens is 247 g/mol. The molecule has 1 aromatic heterocycles. The lowest BCUT2D eigenvalue weighted by Gasteiger charge is -1.89. The summed E-state index contributed by atoms with van der Waals surface area (Å²) in [6.07, 6.45) is 0.425. The van der Waals surface area contributed by atoms with Gasteiger partial charge >= 0.3 is 0 Å². The predicted molar refractivity (Wildman–Crippen MR) is 51.7 cm³/mol. The molecule has 1 rings (SSSR count). The number of thiophene rings is 1. The Balaban J connectivity index is 2.69. The molecule has 0 fully saturated rings. The molecule has 0 saturated carbocycles. The van der Waals surface area contributed by atoms with Crippen LogP contribution in [-0.4, -0.2) is 11.7 Å². The van der Waals surface area contributed by atoms with E-state index in [1.807, 2.05) is 11.4 Å². The minimum Gasteiger partial charge on any atom is -0.293 e. The Morgan fingerprint density at radius 2 is 2.45 bits per heavy atom. The van der Waals surface area contributed by atoms with Gasteiger partial charge in [-0.15, -0.1) is 22.9 Å². The summed E-state index contributed by atoms with van der Waals surface area (Å²) in [6.45, 7) is 0. The third kappa shape index (κ3) is 2.58. The van der Waals surface area contributed by atoms with Gasteiger partial charge in [-0.25, -0.2) is 0 Å². The summed E-state index contributed by atoms with van der Waals surface area (Å²) in [4.78, 5) is 11.9. The molecule has 0 bridgehead atoms. The number of carbonyl (C=O) groups is 1. The van der Waals surface area contributed by atoms with Crippen LogP contribution >= 0.6 is 38.9 Å². The number of hydrogen-bond donors (Lipinski definition) is 0. The van der Waals surface area contributed by atoms with Gasteiger partial charge < -0.3 is 0 Å². The van der Waals surface area contributed by atoms with Gasteiger partial charge in [-0.3, -0.25) is 4.79 Å². The van der Waals surface area contributed by atoms with Crippen molar-refractivity contribution in [3.63, 3.8) is 0 Å². The summed E-state index contributed by atoms with van der Waals surface area (Å²) >= 11 is 10.1. The van der Waals surface area contributed by atoms with E-state index in [9.17, 15) is 4.79 Å². The maximum atomic E-state index is 11.2. The first kappa shape index (κ1) is 9.23. The molecule has 11 heavy (non-hydrogen) atoms. The topological polar surface area (TPSA) is 17.1 Å². The first-order valence-electron chi connectivity index (χ1n) is 3.07. The maximum absolute atomic E-state index is 11.2. The molecule has 0 amide bonds. The molecule has 4 heteroatoms. The summed E-state index contributed by atoms with van der Waals surface area (Å²) in [6, 6.07) is 1.82. The number of rotatable bonds is 3. The molecule has 1 heterocycles. The molecule has 0 aliphatic rings. The quantitative estimate of drug-likeness (QED) is 0.596. The zero-order valence-corrected chi connectivity index (χ0v) is 8.80. The van der Waals surface area contributed by atoms with Crippen molar-refractivity contribution in [1.29, 1.82) is 0 Å². The van der Waals surface area contributed by atoms with Gasteiger partial charge in [0.05, 0.1) is 4.88 Å². The van der Waals surface area contributed by atoms with Crippen molar-refractivity contribution < 1.29 is 4.79 Å². The summed E-state index contributed by atoms with van der Waals surface area (Å²) in [5, 5.41) is 1.89. The van der Waals surface area contributed by atoms with Crippen molar-refractivity contribution in [2.75, 3.05) is 5.88 Å². The van der Waals surface area contributed by atoms with E-state index in [-0.39, 0.29) is 5.78 Å². The van der Waals surface area contributed by atoms with E-state index in [1.54, 1.807) is 0 Å². The van der Waals surface area contributed by atoms with Gasteiger partial charge in [-0.2, -0.15) is 0 Å². The maximum Gasteiger partial charge on any atom is 0.174 e. The van der Waals surface area contributed by atoms with Crippen molar-refractivity contribution >= 4 is 44.7 Å². The molecule has 60 valence electrons. The van der Waals surface area contributed by atoms with Gasteiger partial charge in [0.25, 0.3) is 0 Å². The van der Waals surface area contributed by atoms with E-state index < -0.39 is 0 Å². The normalized spacial score (nSPS) is 10.0.